The van der Waals surface area contributed by atoms with Crippen molar-refractivity contribution in [3.05, 3.63) is 29.8 Å². The van der Waals surface area contributed by atoms with Crippen molar-refractivity contribution < 1.29 is 4.79 Å². The van der Waals surface area contributed by atoms with Crippen molar-refractivity contribution in [2.75, 3.05) is 25.0 Å². The molecule has 1 aromatic carbocycles. The van der Waals surface area contributed by atoms with Crippen molar-refractivity contribution in [3.63, 3.8) is 0 Å². The Morgan fingerprint density at radius 2 is 1.87 bits per heavy atom. The lowest BCUT2D eigenvalue weighted by atomic mass is 10.1. The number of likely N-dealkylation sites (tertiary alicyclic amines) is 1. The smallest absolute Gasteiger partial charge is 0.227 e. The quantitative estimate of drug-likeness (QED) is 0.458. The Morgan fingerprint density at radius 1 is 1.10 bits per heavy atom. The van der Waals surface area contributed by atoms with Crippen LogP contribution in [0.4, 0.5) is 5.69 Å². The minimum absolute atomic E-state index is 0.168. The molecule has 6 nitrogen and oxygen atoms in total. The van der Waals surface area contributed by atoms with Gasteiger partial charge >= 0.3 is 0 Å². The molecule has 170 valence electrons. The van der Waals surface area contributed by atoms with Crippen molar-refractivity contribution in [2.45, 2.75) is 83.3 Å². The van der Waals surface area contributed by atoms with Gasteiger partial charge in [-0.05, 0) is 56.7 Å². The molecular formula is C25H39N5O. The maximum atomic E-state index is 12.4. The van der Waals surface area contributed by atoms with Crippen molar-refractivity contribution in [1.29, 1.82) is 0 Å². The van der Waals surface area contributed by atoms with Crippen LogP contribution in [0.15, 0.2) is 29.3 Å². The number of hydrogen-bond acceptors (Lipinski definition) is 3. The molecule has 3 fully saturated rings. The van der Waals surface area contributed by atoms with Crippen LogP contribution < -0.4 is 16.0 Å². The summed E-state index contributed by atoms with van der Waals surface area (Å²) >= 11 is 0. The van der Waals surface area contributed by atoms with Crippen molar-refractivity contribution in [1.82, 2.24) is 15.5 Å². The molecule has 1 aliphatic heterocycles. The Bertz CT molecular complexity index is 752. The third-order valence-corrected chi connectivity index (χ3v) is 7.09. The summed E-state index contributed by atoms with van der Waals surface area (Å²) < 4.78 is 0. The zero-order valence-electron chi connectivity index (χ0n) is 19.0. The summed E-state index contributed by atoms with van der Waals surface area (Å²) in [5, 5.41) is 10.2. The molecule has 0 spiro atoms. The van der Waals surface area contributed by atoms with Gasteiger partial charge in [0.05, 0.1) is 6.54 Å². The molecule has 1 saturated heterocycles. The highest BCUT2D eigenvalue weighted by Crippen LogP contribution is 2.27. The van der Waals surface area contributed by atoms with E-state index in [-0.39, 0.29) is 11.8 Å². The van der Waals surface area contributed by atoms with Crippen LogP contribution in [-0.2, 0) is 11.3 Å². The van der Waals surface area contributed by atoms with Crippen LogP contribution in [0.3, 0.4) is 0 Å². The Labute approximate surface area is 187 Å². The summed E-state index contributed by atoms with van der Waals surface area (Å²) in [4.78, 5) is 19.9. The zero-order valence-corrected chi connectivity index (χ0v) is 19.0. The van der Waals surface area contributed by atoms with Gasteiger partial charge in [0.1, 0.15) is 0 Å². The number of carbonyl (C=O) groups excluding carboxylic acids is 1. The van der Waals surface area contributed by atoms with E-state index in [1.807, 2.05) is 12.1 Å². The Hall–Kier alpha value is -2.08. The fourth-order valence-electron chi connectivity index (χ4n) is 5.37. The Balaban J connectivity index is 1.31. The SMILES string of the molecule is CCNC(=NCc1cccc(NC(=O)C2CCCC2)c1)NC1CCN(C2CCCC2)C1. The van der Waals surface area contributed by atoms with E-state index >= 15 is 0 Å². The number of amides is 1. The lowest BCUT2D eigenvalue weighted by Crippen LogP contribution is -2.45. The number of nitrogens with zero attached hydrogens (tertiary/aromatic N) is 2. The first-order chi connectivity index (χ1) is 15.2. The van der Waals surface area contributed by atoms with E-state index in [1.54, 1.807) is 0 Å². The number of rotatable bonds is 7. The van der Waals surface area contributed by atoms with Crippen LogP contribution in [0.5, 0.6) is 0 Å². The van der Waals surface area contributed by atoms with Gasteiger partial charge in [-0.15, -0.1) is 0 Å². The molecule has 6 heteroatoms. The van der Waals surface area contributed by atoms with Crippen LogP contribution in [0.1, 0.15) is 70.3 Å². The van der Waals surface area contributed by atoms with Crippen molar-refractivity contribution >= 4 is 17.6 Å². The second kappa shape index (κ2) is 11.0. The topological polar surface area (TPSA) is 68.8 Å². The Kier molecular flexibility index (Phi) is 7.84. The third kappa shape index (κ3) is 6.22. The normalized spacial score (nSPS) is 23.4. The summed E-state index contributed by atoms with van der Waals surface area (Å²) in [6.45, 7) is 5.88. The predicted octanol–water partition coefficient (Wildman–Crippen LogP) is 3.89. The van der Waals surface area contributed by atoms with Crippen LogP contribution in [0.25, 0.3) is 0 Å². The lowest BCUT2D eigenvalue weighted by Gasteiger charge is -2.24. The monoisotopic (exact) mass is 425 g/mol. The average molecular weight is 426 g/mol. The second-order valence-electron chi connectivity index (χ2n) is 9.43. The first-order valence-electron chi connectivity index (χ1n) is 12.4. The van der Waals surface area contributed by atoms with E-state index in [9.17, 15) is 4.79 Å². The van der Waals surface area contributed by atoms with Gasteiger partial charge < -0.3 is 16.0 Å². The summed E-state index contributed by atoms with van der Waals surface area (Å²) in [5.74, 6) is 1.24. The predicted molar refractivity (Wildman–Crippen MR) is 127 cm³/mol. The van der Waals surface area contributed by atoms with Crippen molar-refractivity contribution in [2.24, 2.45) is 10.9 Å². The van der Waals surface area contributed by atoms with Gasteiger partial charge in [0.2, 0.25) is 5.91 Å². The van der Waals surface area contributed by atoms with Gasteiger partial charge in [-0.3, -0.25) is 9.69 Å². The molecular weight excluding hydrogens is 386 g/mol. The van der Waals surface area contributed by atoms with E-state index in [0.717, 1.165) is 49.2 Å². The first kappa shape index (κ1) is 22.1. The highest BCUT2D eigenvalue weighted by atomic mass is 16.1. The molecule has 1 atom stereocenters. The van der Waals surface area contributed by atoms with E-state index in [1.165, 1.54) is 51.5 Å². The number of guanidine groups is 1. The molecule has 3 aliphatic rings. The molecule has 2 saturated carbocycles. The van der Waals surface area contributed by atoms with Crippen LogP contribution in [0.2, 0.25) is 0 Å². The molecule has 0 bridgehead atoms. The number of aliphatic imine (C=N–C) groups is 1. The first-order valence-corrected chi connectivity index (χ1v) is 12.4. The van der Waals surface area contributed by atoms with Gasteiger partial charge in [0.25, 0.3) is 0 Å². The van der Waals surface area contributed by atoms with E-state index < -0.39 is 0 Å². The third-order valence-electron chi connectivity index (χ3n) is 7.09. The van der Waals surface area contributed by atoms with E-state index in [2.05, 4.69) is 39.9 Å². The van der Waals surface area contributed by atoms with Gasteiger partial charge in [0, 0.05) is 43.3 Å². The largest absolute Gasteiger partial charge is 0.357 e. The molecule has 4 rings (SSSR count). The highest BCUT2D eigenvalue weighted by molar-refractivity contribution is 5.92. The number of carbonyl (C=O) groups is 1. The zero-order chi connectivity index (χ0) is 21.5. The highest BCUT2D eigenvalue weighted by Gasteiger charge is 2.30. The number of benzene rings is 1. The van der Waals surface area contributed by atoms with Gasteiger partial charge in [-0.2, -0.15) is 0 Å². The molecule has 3 N–H and O–H groups in total. The standard InChI is InChI=1S/C25H39N5O/c1-2-26-25(29-22-14-15-30(18-22)23-12-5-6-13-23)27-17-19-8-7-11-21(16-19)28-24(31)20-9-3-4-10-20/h7-8,11,16,20,22-23H,2-6,9-10,12-15,17-18H2,1H3,(H,28,31)(H2,26,27,29). The maximum absolute atomic E-state index is 12.4. The van der Waals surface area contributed by atoms with Gasteiger partial charge in [-0.1, -0.05) is 37.8 Å². The van der Waals surface area contributed by atoms with Crippen LogP contribution in [0, 0.1) is 5.92 Å². The molecule has 1 heterocycles. The van der Waals surface area contributed by atoms with Crippen LogP contribution >= 0.6 is 0 Å². The molecule has 2 aliphatic carbocycles. The average Bonchev–Trinajstić information content (AvgIpc) is 3.55. The second-order valence-corrected chi connectivity index (χ2v) is 9.43. The fourth-order valence-corrected chi connectivity index (χ4v) is 5.37. The molecule has 0 aromatic heterocycles. The molecule has 1 amide bonds. The molecule has 0 radical (unpaired) electrons. The Morgan fingerprint density at radius 3 is 2.65 bits per heavy atom. The van der Waals surface area contributed by atoms with E-state index in [4.69, 9.17) is 4.99 Å². The van der Waals surface area contributed by atoms with E-state index in [0.29, 0.717) is 12.6 Å². The minimum atomic E-state index is 0.168. The molecule has 1 unspecified atom stereocenters. The number of hydrogen-bond donors (Lipinski definition) is 3. The summed E-state index contributed by atoms with van der Waals surface area (Å²) in [5.41, 5.74) is 1.99. The maximum Gasteiger partial charge on any atom is 0.227 e. The summed E-state index contributed by atoms with van der Waals surface area (Å²) in [6, 6.07) is 9.38. The number of nitrogens with one attached hydrogen (secondary N) is 3. The summed E-state index contributed by atoms with van der Waals surface area (Å²) in [7, 11) is 0. The van der Waals surface area contributed by atoms with Crippen LogP contribution in [-0.4, -0.2) is 48.5 Å². The van der Waals surface area contributed by atoms with Gasteiger partial charge in [-0.25, -0.2) is 4.99 Å². The lowest BCUT2D eigenvalue weighted by molar-refractivity contribution is -0.119. The van der Waals surface area contributed by atoms with Gasteiger partial charge in [0.15, 0.2) is 5.96 Å². The molecule has 1 aromatic rings. The van der Waals surface area contributed by atoms with Crippen molar-refractivity contribution in [3.8, 4) is 0 Å². The summed E-state index contributed by atoms with van der Waals surface area (Å²) in [6.07, 6.45) is 11.1. The number of anilines is 1. The fraction of sp³-hybridized carbons (Fsp3) is 0.680. The molecule has 31 heavy (non-hydrogen) atoms. The minimum Gasteiger partial charge on any atom is -0.357 e.